The van der Waals surface area contributed by atoms with Crippen LogP contribution in [0, 0.1) is 5.92 Å². The van der Waals surface area contributed by atoms with Crippen LogP contribution >= 0.6 is 0 Å². The van der Waals surface area contributed by atoms with Gasteiger partial charge in [0.15, 0.2) is 0 Å². The molecular weight excluding hydrogens is 410 g/mol. The van der Waals surface area contributed by atoms with Gasteiger partial charge in [0.05, 0.1) is 31.5 Å². The molecule has 4 rings (SSSR count). The van der Waals surface area contributed by atoms with E-state index in [0.29, 0.717) is 12.4 Å². The zero-order chi connectivity index (χ0) is 24.0. The van der Waals surface area contributed by atoms with Crippen molar-refractivity contribution in [3.8, 4) is 5.75 Å². The Kier molecular flexibility index (Phi) is 8.65. The van der Waals surface area contributed by atoms with Gasteiger partial charge in [0.25, 0.3) is 0 Å². The van der Waals surface area contributed by atoms with Crippen LogP contribution in [-0.4, -0.2) is 34.4 Å². The second-order valence-corrected chi connectivity index (χ2v) is 9.51. The van der Waals surface area contributed by atoms with E-state index in [-0.39, 0.29) is 6.04 Å². The lowest BCUT2D eigenvalue weighted by molar-refractivity contribution is 0.198. The minimum Gasteiger partial charge on any atom is -0.494 e. The van der Waals surface area contributed by atoms with Gasteiger partial charge in [-0.15, -0.1) is 0 Å². The number of ether oxygens (including phenoxy) is 2. The highest BCUT2D eigenvalue weighted by molar-refractivity contribution is 5.87. The number of allylic oxidation sites excluding steroid dienone is 1. The smallest absolute Gasteiger partial charge is 0.147 e. The predicted molar refractivity (Wildman–Crippen MR) is 137 cm³/mol. The van der Waals surface area contributed by atoms with E-state index in [2.05, 4.69) is 68.8 Å². The summed E-state index contributed by atoms with van der Waals surface area (Å²) in [5.74, 6) is 2.44. The van der Waals surface area contributed by atoms with E-state index < -0.39 is 0 Å². The van der Waals surface area contributed by atoms with E-state index in [1.54, 1.807) is 0 Å². The molecule has 2 aromatic rings. The minimum atomic E-state index is 0.231. The second kappa shape index (κ2) is 11.4. The van der Waals surface area contributed by atoms with Crippen LogP contribution in [0.2, 0.25) is 0 Å². The van der Waals surface area contributed by atoms with Crippen LogP contribution in [0.3, 0.4) is 0 Å². The van der Waals surface area contributed by atoms with Crippen LogP contribution in [-0.2, 0) is 11.3 Å². The molecule has 0 saturated heterocycles. The van der Waals surface area contributed by atoms with Crippen molar-refractivity contribution < 1.29 is 9.47 Å². The highest BCUT2D eigenvalue weighted by Crippen LogP contribution is 2.43. The molecule has 5 nitrogen and oxygen atoms in total. The van der Waals surface area contributed by atoms with Crippen molar-refractivity contribution in [3.05, 3.63) is 60.2 Å². The van der Waals surface area contributed by atoms with Crippen LogP contribution < -0.4 is 4.74 Å². The molecule has 2 aliphatic heterocycles. The topological polar surface area (TPSA) is 39.5 Å². The fourth-order valence-corrected chi connectivity index (χ4v) is 4.33. The third-order valence-electron chi connectivity index (χ3n) is 5.80. The van der Waals surface area contributed by atoms with E-state index >= 15 is 0 Å². The minimum absolute atomic E-state index is 0.231. The average Bonchev–Trinajstić information content (AvgIpc) is 3.16. The van der Waals surface area contributed by atoms with E-state index in [9.17, 15) is 0 Å². The fourth-order valence-electron chi connectivity index (χ4n) is 4.33. The van der Waals surface area contributed by atoms with E-state index in [0.717, 1.165) is 60.9 Å². The number of rotatable bonds is 8. The summed E-state index contributed by atoms with van der Waals surface area (Å²) in [6.07, 6.45) is 6.48. The lowest BCUT2D eigenvalue weighted by Gasteiger charge is -2.40. The summed E-state index contributed by atoms with van der Waals surface area (Å²) in [4.78, 5) is 2.39. The summed E-state index contributed by atoms with van der Waals surface area (Å²) >= 11 is 0. The molecule has 33 heavy (non-hydrogen) atoms. The maximum atomic E-state index is 6.08. The van der Waals surface area contributed by atoms with Crippen molar-refractivity contribution >= 4 is 10.9 Å². The number of hydrogen-bond acceptors (Lipinski definition) is 4. The highest BCUT2D eigenvalue weighted by atomic mass is 16.5. The van der Waals surface area contributed by atoms with Crippen molar-refractivity contribution in [2.45, 2.75) is 72.9 Å². The van der Waals surface area contributed by atoms with Crippen LogP contribution in [0.5, 0.6) is 5.75 Å². The molecule has 180 valence electrons. The first-order valence-electron chi connectivity index (χ1n) is 12.5. The fraction of sp³-hybridized carbons (Fsp3) is 0.536. The largest absolute Gasteiger partial charge is 0.494 e. The van der Waals surface area contributed by atoms with E-state index in [1.165, 1.54) is 23.9 Å². The Balaban J connectivity index is 0.000000709. The molecule has 1 aromatic carbocycles. The van der Waals surface area contributed by atoms with Gasteiger partial charge in [-0.2, -0.15) is 5.10 Å². The quantitative estimate of drug-likeness (QED) is 0.319. The van der Waals surface area contributed by atoms with Crippen molar-refractivity contribution in [1.82, 2.24) is 14.7 Å². The van der Waals surface area contributed by atoms with E-state index in [1.807, 2.05) is 13.0 Å². The molecule has 2 aliphatic rings. The molecule has 0 bridgehead atoms. The van der Waals surface area contributed by atoms with Crippen LogP contribution in [0.4, 0.5) is 0 Å². The predicted octanol–water partition coefficient (Wildman–Crippen LogP) is 7.02. The first-order chi connectivity index (χ1) is 15.9. The van der Waals surface area contributed by atoms with Gasteiger partial charge in [0.1, 0.15) is 17.0 Å². The normalized spacial score (nSPS) is 17.2. The molecule has 3 heterocycles. The van der Waals surface area contributed by atoms with Crippen LogP contribution in [0.1, 0.15) is 72.0 Å². The van der Waals surface area contributed by atoms with Crippen molar-refractivity contribution in [2.75, 3.05) is 19.8 Å². The molecule has 0 N–H and O–H groups in total. The van der Waals surface area contributed by atoms with Crippen LogP contribution in [0.25, 0.3) is 10.9 Å². The Morgan fingerprint density at radius 2 is 1.94 bits per heavy atom. The van der Waals surface area contributed by atoms with Crippen molar-refractivity contribution in [3.63, 3.8) is 0 Å². The number of unbranched alkanes of at least 4 members (excludes halogenated alkanes) is 2. The highest BCUT2D eigenvalue weighted by Gasteiger charge is 2.34. The second-order valence-electron chi connectivity index (χ2n) is 9.51. The molecule has 5 heteroatoms. The Morgan fingerprint density at radius 1 is 1.18 bits per heavy atom. The van der Waals surface area contributed by atoms with Crippen LogP contribution in [0.15, 0.2) is 54.5 Å². The Labute approximate surface area is 199 Å². The number of fused-ring (bicyclic) bond motifs is 5. The van der Waals surface area contributed by atoms with Gasteiger partial charge in [0, 0.05) is 23.7 Å². The lowest BCUT2D eigenvalue weighted by atomic mass is 9.90. The van der Waals surface area contributed by atoms with Gasteiger partial charge in [0.2, 0.25) is 0 Å². The third kappa shape index (κ3) is 5.82. The molecule has 0 fully saturated rings. The van der Waals surface area contributed by atoms with Gasteiger partial charge < -0.3 is 14.4 Å². The summed E-state index contributed by atoms with van der Waals surface area (Å²) in [7, 11) is 0. The Bertz CT molecular complexity index is 999. The summed E-state index contributed by atoms with van der Waals surface area (Å²) in [6.45, 7) is 22.2. The maximum Gasteiger partial charge on any atom is 0.147 e. The number of hydrogen-bond donors (Lipinski definition) is 0. The standard InChI is InChI=1S/C24H31N3O2.C4H10/c1-5-7-8-14-29-22-11-9-10-19-23(22)25-27-13-12-26-16-20(18(4)28-6-2)17(3)15-21(26)24(19)27;1-4(2)3/h9-11,16,21H,3-8,12-15H2,1-2H3;4H,1-3H3. The third-order valence-corrected chi connectivity index (χ3v) is 5.80. The molecule has 0 spiro atoms. The first-order valence-corrected chi connectivity index (χ1v) is 12.5. The first kappa shape index (κ1) is 24.9. The summed E-state index contributed by atoms with van der Waals surface area (Å²) in [5, 5.41) is 6.11. The maximum absolute atomic E-state index is 6.08. The lowest BCUT2D eigenvalue weighted by Crippen LogP contribution is -2.37. The van der Waals surface area contributed by atoms with Gasteiger partial charge in [-0.05, 0) is 37.3 Å². The Morgan fingerprint density at radius 3 is 2.64 bits per heavy atom. The summed E-state index contributed by atoms with van der Waals surface area (Å²) in [5.41, 5.74) is 4.32. The molecule has 0 saturated carbocycles. The van der Waals surface area contributed by atoms with Gasteiger partial charge in [-0.3, -0.25) is 4.68 Å². The van der Waals surface area contributed by atoms with Gasteiger partial charge in [-0.1, -0.05) is 65.8 Å². The SMILES string of the molecule is C=C1CC2c3c4cccc(OCCCCC)c4nn3CCN2C=C1C(=C)OCC.CC(C)C. The number of nitrogens with zero attached hydrogens (tertiary/aromatic N) is 3. The van der Waals surface area contributed by atoms with Crippen molar-refractivity contribution in [1.29, 1.82) is 0 Å². The van der Waals surface area contributed by atoms with E-state index in [4.69, 9.17) is 14.6 Å². The van der Waals surface area contributed by atoms with Crippen molar-refractivity contribution in [2.24, 2.45) is 5.92 Å². The molecule has 1 atom stereocenters. The molecule has 0 aliphatic carbocycles. The Hall–Kier alpha value is -2.69. The monoisotopic (exact) mass is 451 g/mol. The zero-order valence-corrected chi connectivity index (χ0v) is 21.2. The summed E-state index contributed by atoms with van der Waals surface area (Å²) < 4.78 is 13.9. The molecule has 0 radical (unpaired) electrons. The number of aromatic nitrogens is 2. The molecule has 1 aromatic heterocycles. The zero-order valence-electron chi connectivity index (χ0n) is 21.2. The average molecular weight is 452 g/mol. The van der Waals surface area contributed by atoms with Gasteiger partial charge >= 0.3 is 0 Å². The van der Waals surface area contributed by atoms with Gasteiger partial charge in [-0.25, -0.2) is 0 Å². The number of benzene rings is 1. The molecular formula is C28H41N3O2. The molecule has 1 unspecified atom stereocenters. The molecule has 0 amide bonds. The summed E-state index contributed by atoms with van der Waals surface area (Å²) in [6, 6.07) is 6.51.